The van der Waals surface area contributed by atoms with Crippen molar-refractivity contribution in [3.05, 3.63) is 18.2 Å². The summed E-state index contributed by atoms with van der Waals surface area (Å²) in [4.78, 5) is 14.0. The van der Waals surface area contributed by atoms with Crippen molar-refractivity contribution in [2.45, 2.75) is 56.9 Å². The van der Waals surface area contributed by atoms with E-state index in [9.17, 15) is 13.2 Å². The first-order valence-electron chi connectivity index (χ1n) is 10.3. The highest BCUT2D eigenvalue weighted by molar-refractivity contribution is 7.89. The fourth-order valence-electron chi connectivity index (χ4n) is 4.06. The molecule has 2 atom stereocenters. The third-order valence-electron chi connectivity index (χ3n) is 5.68. The quantitative estimate of drug-likeness (QED) is 0.709. The van der Waals surface area contributed by atoms with Crippen LogP contribution in [0, 0.1) is 0 Å². The molecule has 2 fully saturated rings. The zero-order valence-corrected chi connectivity index (χ0v) is 17.7. The van der Waals surface area contributed by atoms with Gasteiger partial charge in [-0.05, 0) is 64.2 Å². The van der Waals surface area contributed by atoms with Crippen LogP contribution in [0.2, 0.25) is 0 Å². The Bertz CT molecular complexity index is 791. The SMILES string of the molecule is CCOc1ccc(NC(=O)C[NH+]2CCCC[C@H]2C)cc1S(=O)(=O)N1CCCC1. The van der Waals surface area contributed by atoms with Crippen LogP contribution in [0.5, 0.6) is 5.75 Å². The lowest BCUT2D eigenvalue weighted by atomic mass is 10.0. The Hall–Kier alpha value is -1.64. The smallest absolute Gasteiger partial charge is 0.279 e. The molecular weight excluding hydrogens is 378 g/mol. The van der Waals surface area contributed by atoms with Crippen molar-refractivity contribution < 1.29 is 22.8 Å². The van der Waals surface area contributed by atoms with Crippen molar-refractivity contribution in [1.29, 1.82) is 0 Å². The summed E-state index contributed by atoms with van der Waals surface area (Å²) in [5.74, 6) is 0.250. The fraction of sp³-hybridized carbons (Fsp3) is 0.650. The summed E-state index contributed by atoms with van der Waals surface area (Å²) in [7, 11) is -3.63. The van der Waals surface area contributed by atoms with Crippen LogP contribution in [-0.4, -0.2) is 57.5 Å². The van der Waals surface area contributed by atoms with Gasteiger partial charge in [0.25, 0.3) is 5.91 Å². The number of anilines is 1. The van der Waals surface area contributed by atoms with Crippen LogP contribution >= 0.6 is 0 Å². The highest BCUT2D eigenvalue weighted by atomic mass is 32.2. The number of hydrogen-bond acceptors (Lipinski definition) is 4. The molecule has 2 aliphatic heterocycles. The van der Waals surface area contributed by atoms with Crippen molar-refractivity contribution in [1.82, 2.24) is 4.31 Å². The van der Waals surface area contributed by atoms with Gasteiger partial charge in [0.15, 0.2) is 6.54 Å². The van der Waals surface area contributed by atoms with Crippen molar-refractivity contribution >= 4 is 21.6 Å². The number of carbonyl (C=O) groups excluding carboxylic acids is 1. The second-order valence-electron chi connectivity index (χ2n) is 7.74. The van der Waals surface area contributed by atoms with E-state index in [1.165, 1.54) is 21.7 Å². The minimum atomic E-state index is -3.63. The first kappa shape index (κ1) is 21.1. The molecule has 156 valence electrons. The Morgan fingerprint density at radius 1 is 1.25 bits per heavy atom. The molecule has 0 bridgehead atoms. The molecule has 0 aromatic heterocycles. The van der Waals surface area contributed by atoms with Gasteiger partial charge < -0.3 is 15.0 Å². The summed E-state index contributed by atoms with van der Waals surface area (Å²) in [5, 5.41) is 2.88. The van der Waals surface area contributed by atoms with Gasteiger partial charge in [-0.1, -0.05) is 0 Å². The monoisotopic (exact) mass is 410 g/mol. The third kappa shape index (κ3) is 4.85. The topological polar surface area (TPSA) is 80.1 Å². The van der Waals surface area contributed by atoms with Gasteiger partial charge in [-0.2, -0.15) is 4.31 Å². The number of rotatable bonds is 7. The highest BCUT2D eigenvalue weighted by Gasteiger charge is 2.31. The van der Waals surface area contributed by atoms with Gasteiger partial charge >= 0.3 is 0 Å². The normalized spacial score (nSPS) is 23.5. The van der Waals surface area contributed by atoms with Crippen LogP contribution < -0.4 is 15.0 Å². The first-order valence-corrected chi connectivity index (χ1v) is 11.8. The molecule has 2 heterocycles. The van der Waals surface area contributed by atoms with Gasteiger partial charge in [0, 0.05) is 18.8 Å². The van der Waals surface area contributed by atoms with Crippen LogP contribution in [0.3, 0.4) is 0 Å². The largest absolute Gasteiger partial charge is 0.492 e. The standard InChI is InChI=1S/C20H31N3O4S/c1-3-27-18-10-9-17(14-19(18)28(25,26)23-12-6-7-13-23)21-20(24)15-22-11-5-4-8-16(22)2/h9-10,14,16H,3-8,11-13,15H2,1-2H3,(H,21,24)/p+1/t16-/m1/s1. The number of ether oxygens (including phenoxy) is 1. The fourth-order valence-corrected chi connectivity index (χ4v) is 5.73. The second kappa shape index (κ2) is 9.24. The Kier molecular flexibility index (Phi) is 6.95. The molecule has 7 nitrogen and oxygen atoms in total. The highest BCUT2D eigenvalue weighted by Crippen LogP contribution is 2.31. The van der Waals surface area contributed by atoms with Crippen LogP contribution in [0.4, 0.5) is 5.69 Å². The molecule has 1 unspecified atom stereocenters. The average Bonchev–Trinajstić information content (AvgIpc) is 3.20. The molecule has 0 radical (unpaired) electrons. The lowest BCUT2D eigenvalue weighted by Gasteiger charge is -2.29. The van der Waals surface area contributed by atoms with Gasteiger partial charge in [0.2, 0.25) is 10.0 Å². The Balaban J connectivity index is 1.77. The van der Waals surface area contributed by atoms with E-state index in [0.717, 1.165) is 32.2 Å². The molecule has 2 aliphatic rings. The predicted octanol–water partition coefficient (Wildman–Crippen LogP) is 1.27. The number of hydrogen-bond donors (Lipinski definition) is 2. The zero-order valence-electron chi connectivity index (χ0n) is 16.9. The molecule has 0 aliphatic carbocycles. The summed E-state index contributed by atoms with van der Waals surface area (Å²) < 4.78 is 33.2. The summed E-state index contributed by atoms with van der Waals surface area (Å²) in [6.45, 7) is 6.85. The van der Waals surface area contributed by atoms with Gasteiger partial charge in [-0.3, -0.25) is 4.79 Å². The molecule has 1 aromatic carbocycles. The van der Waals surface area contributed by atoms with Crippen LogP contribution in [0.1, 0.15) is 46.0 Å². The number of quaternary nitrogens is 1. The average molecular weight is 411 g/mol. The van der Waals surface area contributed by atoms with E-state index in [2.05, 4.69) is 12.2 Å². The van der Waals surface area contributed by atoms with Gasteiger partial charge in [0.05, 0.1) is 19.2 Å². The van der Waals surface area contributed by atoms with Crippen molar-refractivity contribution in [3.63, 3.8) is 0 Å². The van der Waals surface area contributed by atoms with E-state index in [1.807, 2.05) is 6.92 Å². The summed E-state index contributed by atoms with van der Waals surface area (Å²) >= 11 is 0. The lowest BCUT2D eigenvalue weighted by Crippen LogP contribution is -3.17. The maximum absolute atomic E-state index is 13.1. The van der Waals surface area contributed by atoms with Gasteiger partial charge in [-0.25, -0.2) is 8.42 Å². The zero-order chi connectivity index (χ0) is 20.1. The number of carbonyl (C=O) groups is 1. The number of amides is 1. The maximum atomic E-state index is 13.1. The minimum Gasteiger partial charge on any atom is -0.492 e. The summed E-state index contributed by atoms with van der Waals surface area (Å²) in [6, 6.07) is 5.36. The molecule has 3 rings (SSSR count). The minimum absolute atomic E-state index is 0.0857. The molecule has 0 saturated carbocycles. The maximum Gasteiger partial charge on any atom is 0.279 e. The number of nitrogens with zero attached hydrogens (tertiary/aromatic N) is 1. The van der Waals surface area contributed by atoms with E-state index in [4.69, 9.17) is 4.74 Å². The van der Waals surface area contributed by atoms with E-state index in [1.54, 1.807) is 12.1 Å². The molecular formula is C20H32N3O4S+. The summed E-state index contributed by atoms with van der Waals surface area (Å²) in [6.07, 6.45) is 5.26. The van der Waals surface area contributed by atoms with Crippen molar-refractivity contribution in [2.75, 3.05) is 38.1 Å². The number of nitrogens with one attached hydrogen (secondary N) is 2. The van der Waals surface area contributed by atoms with E-state index < -0.39 is 10.0 Å². The molecule has 1 amide bonds. The molecule has 0 spiro atoms. The molecule has 1 aromatic rings. The van der Waals surface area contributed by atoms with E-state index in [-0.39, 0.29) is 10.8 Å². The summed E-state index contributed by atoms with van der Waals surface area (Å²) in [5.41, 5.74) is 0.496. The van der Waals surface area contributed by atoms with Gasteiger partial charge in [0.1, 0.15) is 10.6 Å². The number of sulfonamides is 1. The Morgan fingerprint density at radius 2 is 2.00 bits per heavy atom. The van der Waals surface area contributed by atoms with Crippen molar-refractivity contribution in [3.8, 4) is 5.75 Å². The number of likely N-dealkylation sites (tertiary alicyclic amines) is 1. The molecule has 2 saturated heterocycles. The van der Waals surface area contributed by atoms with E-state index >= 15 is 0 Å². The van der Waals surface area contributed by atoms with Crippen LogP contribution in [0.25, 0.3) is 0 Å². The predicted molar refractivity (Wildman–Crippen MR) is 108 cm³/mol. The Morgan fingerprint density at radius 3 is 2.68 bits per heavy atom. The van der Waals surface area contributed by atoms with Crippen LogP contribution in [-0.2, 0) is 14.8 Å². The third-order valence-corrected chi connectivity index (χ3v) is 7.60. The number of benzene rings is 1. The Labute approximate surface area is 168 Å². The molecule has 8 heteroatoms. The first-order chi connectivity index (χ1) is 13.4. The van der Waals surface area contributed by atoms with E-state index in [0.29, 0.717) is 43.7 Å². The molecule has 2 N–H and O–H groups in total. The van der Waals surface area contributed by atoms with Crippen molar-refractivity contribution in [2.24, 2.45) is 0 Å². The van der Waals surface area contributed by atoms with Crippen LogP contribution in [0.15, 0.2) is 23.1 Å². The number of piperidine rings is 1. The second-order valence-corrected chi connectivity index (χ2v) is 9.64. The lowest BCUT2D eigenvalue weighted by molar-refractivity contribution is -0.920. The molecule has 28 heavy (non-hydrogen) atoms. The van der Waals surface area contributed by atoms with Gasteiger partial charge in [-0.15, -0.1) is 0 Å².